The van der Waals surface area contributed by atoms with E-state index in [0.29, 0.717) is 26.2 Å². The highest BCUT2D eigenvalue weighted by molar-refractivity contribution is 5.86. The summed E-state index contributed by atoms with van der Waals surface area (Å²) < 4.78 is 0. The smallest absolute Gasteiger partial charge is 0.244 e. The van der Waals surface area contributed by atoms with Gasteiger partial charge in [0, 0.05) is 39.3 Å². The molecule has 27 heavy (non-hydrogen) atoms. The van der Waals surface area contributed by atoms with E-state index in [4.69, 9.17) is 5.73 Å². The van der Waals surface area contributed by atoms with E-state index < -0.39 is 6.04 Å². The van der Waals surface area contributed by atoms with Crippen molar-refractivity contribution in [2.24, 2.45) is 5.73 Å². The summed E-state index contributed by atoms with van der Waals surface area (Å²) in [7, 11) is 0. The minimum Gasteiger partial charge on any atom is -0.341 e. The molecule has 0 aliphatic carbocycles. The molecule has 2 atom stereocenters. The van der Waals surface area contributed by atoms with Crippen molar-refractivity contribution in [1.29, 1.82) is 0 Å². The van der Waals surface area contributed by atoms with E-state index in [9.17, 15) is 9.59 Å². The van der Waals surface area contributed by atoms with Crippen LogP contribution in [0, 0.1) is 0 Å². The zero-order chi connectivity index (χ0) is 17.8. The molecule has 152 valence electrons. The van der Waals surface area contributed by atoms with Crippen molar-refractivity contribution < 1.29 is 9.59 Å². The monoisotopic (exact) mass is 416 g/mol. The first-order valence-corrected chi connectivity index (χ1v) is 9.20. The third-order valence-electron chi connectivity index (χ3n) is 5.37. The van der Waals surface area contributed by atoms with E-state index in [0.717, 1.165) is 31.5 Å². The van der Waals surface area contributed by atoms with Crippen LogP contribution in [0.2, 0.25) is 0 Å². The molecule has 0 radical (unpaired) electrons. The van der Waals surface area contributed by atoms with Gasteiger partial charge in [-0.2, -0.15) is 0 Å². The van der Waals surface area contributed by atoms with Crippen LogP contribution in [0.5, 0.6) is 0 Å². The Hall–Kier alpha value is -1.34. The molecule has 1 aromatic rings. The van der Waals surface area contributed by atoms with Crippen molar-refractivity contribution in [2.45, 2.75) is 31.8 Å². The average Bonchev–Trinajstić information content (AvgIpc) is 3.21. The Labute approximate surface area is 173 Å². The van der Waals surface area contributed by atoms with Crippen molar-refractivity contribution in [3.63, 3.8) is 0 Å². The van der Waals surface area contributed by atoms with Crippen molar-refractivity contribution in [1.82, 2.24) is 14.7 Å². The topological polar surface area (TPSA) is 69.9 Å². The number of carbonyl (C=O) groups excluding carboxylic acids is 2. The van der Waals surface area contributed by atoms with E-state index in [1.807, 2.05) is 47.1 Å². The zero-order valence-electron chi connectivity index (χ0n) is 15.8. The Morgan fingerprint density at radius 1 is 0.852 bits per heavy atom. The van der Waals surface area contributed by atoms with Crippen LogP contribution >= 0.6 is 24.8 Å². The number of rotatable bonds is 4. The van der Waals surface area contributed by atoms with Gasteiger partial charge >= 0.3 is 0 Å². The number of likely N-dealkylation sites (tertiary alicyclic amines) is 1. The maximum Gasteiger partial charge on any atom is 0.244 e. The summed E-state index contributed by atoms with van der Waals surface area (Å²) in [5, 5.41) is 0. The summed E-state index contributed by atoms with van der Waals surface area (Å²) in [4.78, 5) is 31.1. The first kappa shape index (κ1) is 23.7. The van der Waals surface area contributed by atoms with Gasteiger partial charge < -0.3 is 15.5 Å². The lowest BCUT2D eigenvalue weighted by molar-refractivity contribution is -0.138. The predicted octanol–water partition coefficient (Wildman–Crippen LogP) is 1.69. The molecule has 6 nitrogen and oxygen atoms in total. The molecule has 0 bridgehead atoms. The van der Waals surface area contributed by atoms with E-state index in [2.05, 4.69) is 4.90 Å². The fourth-order valence-electron chi connectivity index (χ4n) is 3.69. The molecule has 0 spiro atoms. The molecule has 2 saturated heterocycles. The summed E-state index contributed by atoms with van der Waals surface area (Å²) in [6.45, 7) is 6.42. The van der Waals surface area contributed by atoms with Gasteiger partial charge in [-0.1, -0.05) is 30.3 Å². The fourth-order valence-corrected chi connectivity index (χ4v) is 3.69. The molecular weight excluding hydrogens is 387 g/mol. The number of hydrogen-bond acceptors (Lipinski definition) is 4. The lowest BCUT2D eigenvalue weighted by atomic mass is 10.1. The second kappa shape index (κ2) is 10.9. The van der Waals surface area contributed by atoms with E-state index in [1.54, 1.807) is 0 Å². The molecule has 1 aromatic carbocycles. The van der Waals surface area contributed by atoms with Gasteiger partial charge in [0.15, 0.2) is 0 Å². The van der Waals surface area contributed by atoms with Gasteiger partial charge in [-0.15, -0.1) is 24.8 Å². The van der Waals surface area contributed by atoms with Crippen LogP contribution in [0.3, 0.4) is 0 Å². The summed E-state index contributed by atoms with van der Waals surface area (Å²) in [6.07, 6.45) is 2.22. The standard InChI is InChI=1S/C19H28N4O2.2ClH/c1-15(18(24)22-9-5-6-10-22)21-11-13-23(14-12-21)19(25)17(20)16-7-3-2-4-8-16;;/h2-4,7-8,15,17H,5-6,9-14,20H2,1H3;2*1H. The maximum atomic E-state index is 12.6. The second-order valence-corrected chi connectivity index (χ2v) is 6.96. The molecule has 2 N–H and O–H groups in total. The number of benzene rings is 1. The molecule has 2 amide bonds. The molecule has 8 heteroatoms. The van der Waals surface area contributed by atoms with Crippen molar-refractivity contribution in [3.05, 3.63) is 35.9 Å². The highest BCUT2D eigenvalue weighted by Gasteiger charge is 2.32. The number of nitrogens with zero attached hydrogens (tertiary/aromatic N) is 3. The molecule has 2 heterocycles. The van der Waals surface area contributed by atoms with Crippen LogP contribution in [0.1, 0.15) is 31.4 Å². The number of amides is 2. The summed E-state index contributed by atoms with van der Waals surface area (Å²) >= 11 is 0. The summed E-state index contributed by atoms with van der Waals surface area (Å²) in [5.41, 5.74) is 6.97. The van der Waals surface area contributed by atoms with E-state index in [-0.39, 0.29) is 42.7 Å². The van der Waals surface area contributed by atoms with Gasteiger partial charge in [0.25, 0.3) is 0 Å². The Morgan fingerprint density at radius 3 is 1.93 bits per heavy atom. The average molecular weight is 417 g/mol. The maximum absolute atomic E-state index is 12.6. The first-order chi connectivity index (χ1) is 12.1. The second-order valence-electron chi connectivity index (χ2n) is 6.96. The Bertz CT molecular complexity index is 603. The van der Waals surface area contributed by atoms with Crippen LogP contribution in [0.15, 0.2) is 30.3 Å². The van der Waals surface area contributed by atoms with Gasteiger partial charge in [0.05, 0.1) is 6.04 Å². The quantitative estimate of drug-likeness (QED) is 0.810. The van der Waals surface area contributed by atoms with Crippen LogP contribution in [0.4, 0.5) is 0 Å². The lowest BCUT2D eigenvalue weighted by Crippen LogP contribution is -2.56. The summed E-state index contributed by atoms with van der Waals surface area (Å²) in [6, 6.07) is 8.75. The van der Waals surface area contributed by atoms with Crippen molar-refractivity contribution >= 4 is 36.6 Å². The minimum absolute atomic E-state index is 0. The van der Waals surface area contributed by atoms with E-state index in [1.165, 1.54) is 0 Å². The van der Waals surface area contributed by atoms with Crippen LogP contribution in [-0.4, -0.2) is 71.8 Å². The largest absolute Gasteiger partial charge is 0.341 e. The predicted molar refractivity (Wildman–Crippen MR) is 111 cm³/mol. The molecule has 2 aliphatic heterocycles. The molecule has 2 aliphatic rings. The van der Waals surface area contributed by atoms with Gasteiger partial charge in [-0.05, 0) is 25.3 Å². The first-order valence-electron chi connectivity index (χ1n) is 9.20. The van der Waals surface area contributed by atoms with Crippen LogP contribution in [-0.2, 0) is 9.59 Å². The molecule has 2 unspecified atom stereocenters. The third kappa shape index (κ3) is 5.57. The Balaban J connectivity index is 0.00000182. The van der Waals surface area contributed by atoms with Crippen LogP contribution in [0.25, 0.3) is 0 Å². The SMILES string of the molecule is CC(C(=O)N1CCCC1)N1CCN(C(=O)C(N)c2ccccc2)CC1.Cl.Cl. The molecule has 2 fully saturated rings. The summed E-state index contributed by atoms with van der Waals surface area (Å²) in [5.74, 6) is 0.183. The number of nitrogens with two attached hydrogens (primary N) is 1. The van der Waals surface area contributed by atoms with Gasteiger partial charge in [-0.3, -0.25) is 14.5 Å². The Kier molecular flexibility index (Phi) is 9.53. The highest BCUT2D eigenvalue weighted by Crippen LogP contribution is 2.17. The number of halogens is 2. The third-order valence-corrected chi connectivity index (χ3v) is 5.37. The normalized spacial score (nSPS) is 19.6. The lowest BCUT2D eigenvalue weighted by Gasteiger charge is -2.39. The minimum atomic E-state index is -0.614. The molecule has 0 aromatic heterocycles. The van der Waals surface area contributed by atoms with Crippen LogP contribution < -0.4 is 5.73 Å². The van der Waals surface area contributed by atoms with Gasteiger partial charge in [0.1, 0.15) is 6.04 Å². The van der Waals surface area contributed by atoms with Gasteiger partial charge in [-0.25, -0.2) is 0 Å². The van der Waals surface area contributed by atoms with Crippen molar-refractivity contribution in [2.75, 3.05) is 39.3 Å². The van der Waals surface area contributed by atoms with E-state index >= 15 is 0 Å². The number of hydrogen-bond donors (Lipinski definition) is 1. The number of carbonyl (C=O) groups is 2. The van der Waals surface area contributed by atoms with Gasteiger partial charge in [0.2, 0.25) is 11.8 Å². The Morgan fingerprint density at radius 2 is 1.37 bits per heavy atom. The molecular formula is C19H30Cl2N4O2. The molecule has 3 rings (SSSR count). The fraction of sp³-hybridized carbons (Fsp3) is 0.579. The number of piperazine rings is 1. The molecule has 0 saturated carbocycles. The van der Waals surface area contributed by atoms with Crippen molar-refractivity contribution in [3.8, 4) is 0 Å². The highest BCUT2D eigenvalue weighted by atomic mass is 35.5. The zero-order valence-corrected chi connectivity index (χ0v) is 17.4.